The lowest BCUT2D eigenvalue weighted by molar-refractivity contribution is -0.122. The number of nitrogens with two attached hydrogens (primary N) is 1. The van der Waals surface area contributed by atoms with Crippen molar-refractivity contribution in [2.75, 3.05) is 12.4 Å². The average Bonchev–Trinajstić information content (AvgIpc) is 2.56. The third-order valence-corrected chi connectivity index (χ3v) is 7.44. The second-order valence-electron chi connectivity index (χ2n) is 7.32. The van der Waals surface area contributed by atoms with Crippen molar-refractivity contribution in [3.8, 4) is 0 Å². The van der Waals surface area contributed by atoms with Gasteiger partial charge in [0.05, 0.1) is 4.90 Å². The maximum Gasteiger partial charge on any atom is 0.240 e. The molecule has 138 valence electrons. The molecule has 3 rings (SSSR count). The van der Waals surface area contributed by atoms with E-state index in [1.54, 1.807) is 25.1 Å². The number of hydrogen-bond donors (Lipinski definition) is 3. The predicted molar refractivity (Wildman–Crippen MR) is 97.6 cm³/mol. The van der Waals surface area contributed by atoms with E-state index < -0.39 is 10.0 Å². The van der Waals surface area contributed by atoms with Crippen LogP contribution in [0.3, 0.4) is 0 Å². The summed E-state index contributed by atoms with van der Waals surface area (Å²) < 4.78 is 26.5. The summed E-state index contributed by atoms with van der Waals surface area (Å²) in [6.45, 7) is 1.71. The first-order valence-electron chi connectivity index (χ1n) is 8.93. The molecule has 0 spiro atoms. The number of benzene rings is 1. The highest BCUT2D eigenvalue weighted by Gasteiger charge is 2.40. The van der Waals surface area contributed by atoms with Gasteiger partial charge in [-0.25, -0.2) is 13.1 Å². The topological polar surface area (TPSA) is 101 Å². The van der Waals surface area contributed by atoms with Crippen LogP contribution in [-0.4, -0.2) is 27.4 Å². The summed E-state index contributed by atoms with van der Waals surface area (Å²) in [5.74, 6) is 0.797. The van der Waals surface area contributed by atoms with Gasteiger partial charge < -0.3 is 11.1 Å². The number of rotatable bonds is 4. The Bertz CT molecular complexity index is 749. The highest BCUT2D eigenvalue weighted by molar-refractivity contribution is 7.89. The highest BCUT2D eigenvalue weighted by Crippen LogP contribution is 2.42. The lowest BCUT2D eigenvalue weighted by atomic mass is 9.65. The molecular formula is C18H27N3O3S. The van der Waals surface area contributed by atoms with E-state index in [4.69, 9.17) is 5.73 Å². The molecule has 2 bridgehead atoms. The molecule has 4 N–H and O–H groups in total. The van der Waals surface area contributed by atoms with Crippen LogP contribution >= 0.6 is 0 Å². The first kappa shape index (κ1) is 18.4. The van der Waals surface area contributed by atoms with E-state index >= 15 is 0 Å². The molecule has 2 unspecified atom stereocenters. The number of fused-ring (bicyclic) bond motifs is 2. The van der Waals surface area contributed by atoms with E-state index in [-0.39, 0.29) is 22.8 Å². The smallest absolute Gasteiger partial charge is 0.240 e. The molecule has 1 amide bonds. The SMILES string of the molecule is CNS(=O)(=O)c1cccc(NC(=O)C2CC3CCCC(C2)C3N)c1C. The number of carbonyl (C=O) groups is 1. The Morgan fingerprint density at radius 1 is 1.20 bits per heavy atom. The van der Waals surface area contributed by atoms with Crippen molar-refractivity contribution in [3.63, 3.8) is 0 Å². The molecule has 7 heteroatoms. The number of carbonyl (C=O) groups excluding carboxylic acids is 1. The van der Waals surface area contributed by atoms with Crippen LogP contribution in [0.5, 0.6) is 0 Å². The average molecular weight is 365 g/mol. The molecule has 0 aliphatic heterocycles. The summed E-state index contributed by atoms with van der Waals surface area (Å²) in [6.07, 6.45) is 5.08. The zero-order chi connectivity index (χ0) is 18.2. The molecule has 0 aromatic heterocycles. The molecule has 2 saturated carbocycles. The Hall–Kier alpha value is -1.44. The lowest BCUT2D eigenvalue weighted by Crippen LogP contribution is -2.48. The van der Waals surface area contributed by atoms with Crippen LogP contribution in [0.4, 0.5) is 5.69 Å². The Labute approximate surface area is 149 Å². The fraction of sp³-hybridized carbons (Fsp3) is 0.611. The van der Waals surface area contributed by atoms with Gasteiger partial charge in [-0.05, 0) is 69.2 Å². The van der Waals surface area contributed by atoms with Crippen LogP contribution in [-0.2, 0) is 14.8 Å². The van der Waals surface area contributed by atoms with Crippen molar-refractivity contribution < 1.29 is 13.2 Å². The van der Waals surface area contributed by atoms with E-state index in [9.17, 15) is 13.2 Å². The zero-order valence-electron chi connectivity index (χ0n) is 14.8. The van der Waals surface area contributed by atoms with Crippen molar-refractivity contribution in [1.29, 1.82) is 0 Å². The van der Waals surface area contributed by atoms with Crippen molar-refractivity contribution in [2.24, 2.45) is 23.5 Å². The molecule has 0 radical (unpaired) electrons. The van der Waals surface area contributed by atoms with Crippen molar-refractivity contribution in [2.45, 2.75) is 50.0 Å². The van der Waals surface area contributed by atoms with Crippen LogP contribution in [0, 0.1) is 24.7 Å². The minimum absolute atomic E-state index is 0.0223. The molecule has 1 aromatic carbocycles. The summed E-state index contributed by atoms with van der Waals surface area (Å²) in [7, 11) is -2.17. The Kier molecular flexibility index (Phi) is 5.18. The van der Waals surface area contributed by atoms with Gasteiger partial charge in [-0.2, -0.15) is 0 Å². The summed E-state index contributed by atoms with van der Waals surface area (Å²) in [6, 6.07) is 5.17. The van der Waals surface area contributed by atoms with E-state index in [1.807, 2.05) is 0 Å². The van der Waals surface area contributed by atoms with Crippen LogP contribution < -0.4 is 15.8 Å². The maximum atomic E-state index is 12.8. The summed E-state index contributed by atoms with van der Waals surface area (Å²) in [5.41, 5.74) is 7.41. The largest absolute Gasteiger partial charge is 0.327 e. The van der Waals surface area contributed by atoms with E-state index in [1.165, 1.54) is 13.5 Å². The molecule has 2 aliphatic rings. The monoisotopic (exact) mass is 365 g/mol. The third kappa shape index (κ3) is 3.59. The van der Waals surface area contributed by atoms with Crippen LogP contribution in [0.2, 0.25) is 0 Å². The van der Waals surface area contributed by atoms with Gasteiger partial charge in [-0.15, -0.1) is 0 Å². The number of anilines is 1. The van der Waals surface area contributed by atoms with Crippen molar-refractivity contribution >= 4 is 21.6 Å². The molecular weight excluding hydrogens is 338 g/mol. The normalized spacial score (nSPS) is 29.2. The minimum atomic E-state index is -3.55. The van der Waals surface area contributed by atoms with Gasteiger partial charge in [0.15, 0.2) is 0 Å². The number of amides is 1. The van der Waals surface area contributed by atoms with E-state index in [2.05, 4.69) is 10.0 Å². The van der Waals surface area contributed by atoms with Gasteiger partial charge >= 0.3 is 0 Å². The Balaban J connectivity index is 1.77. The lowest BCUT2D eigenvalue weighted by Gasteiger charge is -2.43. The molecule has 0 heterocycles. The third-order valence-electron chi connectivity index (χ3n) is 5.88. The first-order valence-corrected chi connectivity index (χ1v) is 10.4. The van der Waals surface area contributed by atoms with Gasteiger partial charge in [0, 0.05) is 17.6 Å². The number of hydrogen-bond acceptors (Lipinski definition) is 4. The number of sulfonamides is 1. The van der Waals surface area contributed by atoms with E-state index in [0.29, 0.717) is 23.1 Å². The van der Waals surface area contributed by atoms with Crippen LogP contribution in [0.1, 0.15) is 37.7 Å². The molecule has 2 atom stereocenters. The quantitative estimate of drug-likeness (QED) is 0.759. The standard InChI is InChI=1S/C18H27N3O3S/c1-11-15(7-4-8-16(11)25(23,24)20-2)21-18(22)14-9-12-5-3-6-13(10-14)17(12)19/h4,7-8,12-14,17,20H,3,5-6,9-10,19H2,1-2H3,(H,21,22). The molecule has 2 fully saturated rings. The van der Waals surface area contributed by atoms with Gasteiger partial charge in [0.2, 0.25) is 15.9 Å². The molecule has 2 aliphatic carbocycles. The molecule has 1 aromatic rings. The molecule has 6 nitrogen and oxygen atoms in total. The molecule has 0 saturated heterocycles. The number of nitrogens with one attached hydrogen (secondary N) is 2. The van der Waals surface area contributed by atoms with Gasteiger partial charge in [0.1, 0.15) is 0 Å². The maximum absolute atomic E-state index is 12.8. The second-order valence-corrected chi connectivity index (χ2v) is 9.18. The van der Waals surface area contributed by atoms with Crippen LogP contribution in [0.15, 0.2) is 23.1 Å². The summed E-state index contributed by atoms with van der Waals surface area (Å²) in [4.78, 5) is 13.0. The van der Waals surface area contributed by atoms with Gasteiger partial charge in [-0.3, -0.25) is 4.79 Å². The molecule has 25 heavy (non-hydrogen) atoms. The minimum Gasteiger partial charge on any atom is -0.327 e. The van der Waals surface area contributed by atoms with Gasteiger partial charge in [0.25, 0.3) is 0 Å². The second kappa shape index (κ2) is 7.05. The van der Waals surface area contributed by atoms with Crippen molar-refractivity contribution in [1.82, 2.24) is 4.72 Å². The predicted octanol–water partition coefficient (Wildman–Crippen LogP) is 2.00. The highest BCUT2D eigenvalue weighted by atomic mass is 32.2. The van der Waals surface area contributed by atoms with Crippen molar-refractivity contribution in [3.05, 3.63) is 23.8 Å². The summed E-state index contributed by atoms with van der Waals surface area (Å²) in [5, 5.41) is 2.95. The van der Waals surface area contributed by atoms with Crippen LogP contribution in [0.25, 0.3) is 0 Å². The van der Waals surface area contributed by atoms with E-state index in [0.717, 1.165) is 25.7 Å². The van der Waals surface area contributed by atoms with Gasteiger partial charge in [-0.1, -0.05) is 12.5 Å². The fourth-order valence-electron chi connectivity index (χ4n) is 4.39. The fourth-order valence-corrected chi connectivity index (χ4v) is 5.38. The Morgan fingerprint density at radius 3 is 2.44 bits per heavy atom. The Morgan fingerprint density at radius 2 is 1.84 bits per heavy atom. The zero-order valence-corrected chi connectivity index (χ0v) is 15.6. The summed E-state index contributed by atoms with van der Waals surface area (Å²) >= 11 is 0. The first-order chi connectivity index (χ1) is 11.8.